The molecule has 0 unspecified atom stereocenters. The number of nitro benzene ring substituents is 1. The van der Waals surface area contributed by atoms with Gasteiger partial charge in [0.1, 0.15) is 17.9 Å². The minimum atomic E-state index is -0.574. The number of hydrogen-bond acceptors (Lipinski definition) is 6. The summed E-state index contributed by atoms with van der Waals surface area (Å²) in [4.78, 5) is 22.9. The summed E-state index contributed by atoms with van der Waals surface area (Å²) in [6.45, 7) is 0.382. The van der Waals surface area contributed by atoms with Crippen LogP contribution < -0.4 is 10.2 Å². The van der Waals surface area contributed by atoms with Crippen molar-refractivity contribution in [3.05, 3.63) is 118 Å². The number of amides is 1. The summed E-state index contributed by atoms with van der Waals surface area (Å²) in [6, 6.07) is 27.2. The van der Waals surface area contributed by atoms with Crippen LogP contribution in [-0.4, -0.2) is 17.0 Å². The molecule has 0 bridgehead atoms. The first-order chi connectivity index (χ1) is 17.1. The molecule has 1 N–H and O–H groups in total. The molecule has 0 fully saturated rings. The minimum absolute atomic E-state index is 0.00140. The summed E-state index contributed by atoms with van der Waals surface area (Å²) in [6.07, 6.45) is 1.49. The normalized spacial score (nSPS) is 11.2. The molecule has 4 aromatic carbocycles. The number of rotatable bonds is 7. The number of fused-ring (bicyclic) bond motifs is 2. The molecule has 0 aliphatic heterocycles. The Kier molecular flexibility index (Phi) is 5.92. The van der Waals surface area contributed by atoms with Crippen LogP contribution in [0.3, 0.4) is 0 Å². The Morgan fingerprint density at radius 2 is 1.74 bits per heavy atom. The van der Waals surface area contributed by atoms with Crippen LogP contribution in [0.2, 0.25) is 0 Å². The summed E-state index contributed by atoms with van der Waals surface area (Å²) in [5.41, 5.74) is 4.43. The Balaban J connectivity index is 1.26. The molecular weight excluding hydrogens is 446 g/mol. The van der Waals surface area contributed by atoms with E-state index in [0.717, 1.165) is 10.9 Å². The molecule has 5 aromatic rings. The fourth-order valence-corrected chi connectivity index (χ4v) is 3.68. The van der Waals surface area contributed by atoms with E-state index in [2.05, 4.69) is 34.8 Å². The van der Waals surface area contributed by atoms with Crippen molar-refractivity contribution in [2.75, 3.05) is 0 Å². The molecule has 0 saturated carbocycles. The maximum Gasteiger partial charge on any atom is 0.307 e. The zero-order chi connectivity index (χ0) is 24.2. The largest absolute Gasteiger partial charge is 0.488 e. The van der Waals surface area contributed by atoms with Crippen molar-refractivity contribution in [2.45, 2.75) is 6.61 Å². The summed E-state index contributed by atoms with van der Waals surface area (Å²) in [5, 5.41) is 17.7. The lowest BCUT2D eigenvalue weighted by Gasteiger charge is -2.10. The molecule has 1 heterocycles. The van der Waals surface area contributed by atoms with Gasteiger partial charge in [0.2, 0.25) is 0 Å². The number of hydrazone groups is 1. The first kappa shape index (κ1) is 21.8. The van der Waals surface area contributed by atoms with Gasteiger partial charge in [0.25, 0.3) is 5.69 Å². The minimum Gasteiger partial charge on any atom is -0.488 e. The van der Waals surface area contributed by atoms with Crippen molar-refractivity contribution in [3.8, 4) is 5.75 Å². The lowest BCUT2D eigenvalue weighted by atomic mass is 10.1. The van der Waals surface area contributed by atoms with E-state index in [4.69, 9.17) is 9.15 Å². The Morgan fingerprint density at radius 3 is 2.60 bits per heavy atom. The van der Waals surface area contributed by atoms with Crippen LogP contribution >= 0.6 is 0 Å². The Labute approximate surface area is 199 Å². The zero-order valence-electron chi connectivity index (χ0n) is 18.4. The standard InChI is InChI=1S/C27H19N3O5/c31-27(26-15-22-14-23(30(32)33)11-12-25(22)35-26)29-28-16-21-7-3-4-8-24(21)34-17-18-9-10-19-5-1-2-6-20(19)13-18/h1-16H,17H2,(H,29,31)/b28-16+. The molecule has 172 valence electrons. The third kappa shape index (κ3) is 4.86. The van der Waals surface area contributed by atoms with Crippen molar-refractivity contribution in [1.82, 2.24) is 5.43 Å². The van der Waals surface area contributed by atoms with E-state index in [1.165, 1.54) is 35.9 Å². The van der Waals surface area contributed by atoms with Crippen LogP contribution in [0.4, 0.5) is 5.69 Å². The highest BCUT2D eigenvalue weighted by Gasteiger charge is 2.14. The smallest absolute Gasteiger partial charge is 0.307 e. The second kappa shape index (κ2) is 9.48. The Morgan fingerprint density at radius 1 is 0.943 bits per heavy atom. The molecule has 1 amide bonds. The Bertz CT molecular complexity index is 1590. The highest BCUT2D eigenvalue weighted by atomic mass is 16.6. The zero-order valence-corrected chi connectivity index (χ0v) is 18.4. The number of nitrogens with zero attached hydrogens (tertiary/aromatic N) is 2. The maximum absolute atomic E-state index is 12.4. The van der Waals surface area contributed by atoms with Crippen LogP contribution in [0.1, 0.15) is 21.7 Å². The molecule has 0 radical (unpaired) electrons. The molecule has 8 nitrogen and oxygen atoms in total. The van der Waals surface area contributed by atoms with Gasteiger partial charge in [-0.1, -0.05) is 48.5 Å². The van der Waals surface area contributed by atoms with Gasteiger partial charge >= 0.3 is 5.91 Å². The molecule has 35 heavy (non-hydrogen) atoms. The van der Waals surface area contributed by atoms with Crippen LogP contribution in [-0.2, 0) is 6.61 Å². The molecule has 0 atom stereocenters. The summed E-state index contributed by atoms with van der Waals surface area (Å²) < 4.78 is 11.5. The fourth-order valence-electron chi connectivity index (χ4n) is 3.68. The van der Waals surface area contributed by atoms with Crippen LogP contribution in [0.15, 0.2) is 101 Å². The average Bonchev–Trinajstić information content (AvgIpc) is 3.31. The number of furan rings is 1. The number of ether oxygens (including phenoxy) is 1. The van der Waals surface area contributed by atoms with Crippen LogP contribution in [0.5, 0.6) is 5.75 Å². The van der Waals surface area contributed by atoms with E-state index in [9.17, 15) is 14.9 Å². The molecule has 0 saturated heterocycles. The van der Waals surface area contributed by atoms with Gasteiger partial charge in [-0.15, -0.1) is 0 Å². The maximum atomic E-state index is 12.4. The first-order valence-corrected chi connectivity index (χ1v) is 10.8. The van der Waals surface area contributed by atoms with Gasteiger partial charge in [-0.25, -0.2) is 5.43 Å². The van der Waals surface area contributed by atoms with Gasteiger partial charge in [-0.2, -0.15) is 5.10 Å². The SMILES string of the molecule is O=C(N/N=C/c1ccccc1OCc1ccc2ccccc2c1)c1cc2cc([N+](=O)[O-])ccc2o1. The molecule has 0 spiro atoms. The van der Waals surface area contributed by atoms with E-state index in [-0.39, 0.29) is 11.4 Å². The number of nitrogens with one attached hydrogen (secondary N) is 1. The molecule has 0 aliphatic rings. The lowest BCUT2D eigenvalue weighted by molar-refractivity contribution is -0.384. The highest BCUT2D eigenvalue weighted by Crippen LogP contribution is 2.24. The number of carbonyl (C=O) groups excluding carboxylic acids is 1. The van der Waals surface area contributed by atoms with E-state index >= 15 is 0 Å². The second-order valence-electron chi connectivity index (χ2n) is 7.80. The third-order valence-corrected chi connectivity index (χ3v) is 5.43. The van der Waals surface area contributed by atoms with E-state index in [1.54, 1.807) is 0 Å². The van der Waals surface area contributed by atoms with Gasteiger partial charge in [0.05, 0.1) is 11.1 Å². The lowest BCUT2D eigenvalue weighted by Crippen LogP contribution is -2.16. The highest BCUT2D eigenvalue weighted by molar-refractivity contribution is 5.97. The molecule has 5 rings (SSSR count). The summed E-state index contributed by atoms with van der Waals surface area (Å²) >= 11 is 0. The molecule has 8 heteroatoms. The van der Waals surface area contributed by atoms with Gasteiger partial charge in [0.15, 0.2) is 5.76 Å². The van der Waals surface area contributed by atoms with Crippen molar-refractivity contribution in [1.29, 1.82) is 0 Å². The monoisotopic (exact) mass is 465 g/mol. The first-order valence-electron chi connectivity index (χ1n) is 10.8. The van der Waals surface area contributed by atoms with E-state index < -0.39 is 10.8 Å². The fraction of sp³-hybridized carbons (Fsp3) is 0.0370. The van der Waals surface area contributed by atoms with Gasteiger partial charge in [-0.3, -0.25) is 14.9 Å². The predicted octanol–water partition coefficient (Wildman–Crippen LogP) is 5.84. The van der Waals surface area contributed by atoms with Gasteiger partial charge < -0.3 is 9.15 Å². The molecule has 1 aromatic heterocycles. The Hall–Kier alpha value is -4.98. The number of nitro groups is 1. The van der Waals surface area contributed by atoms with Crippen LogP contribution in [0, 0.1) is 10.1 Å². The van der Waals surface area contributed by atoms with Crippen molar-refractivity contribution >= 4 is 39.6 Å². The van der Waals surface area contributed by atoms with Crippen molar-refractivity contribution in [3.63, 3.8) is 0 Å². The average molecular weight is 465 g/mol. The van der Waals surface area contributed by atoms with E-state index in [1.807, 2.05) is 42.5 Å². The molecule has 0 aliphatic carbocycles. The van der Waals surface area contributed by atoms with Crippen molar-refractivity contribution in [2.24, 2.45) is 5.10 Å². The number of benzene rings is 4. The number of carbonyl (C=O) groups is 1. The predicted molar refractivity (Wildman–Crippen MR) is 133 cm³/mol. The van der Waals surface area contributed by atoms with Gasteiger partial charge in [0, 0.05) is 23.1 Å². The van der Waals surface area contributed by atoms with Crippen LogP contribution in [0.25, 0.3) is 21.7 Å². The number of non-ortho nitro benzene ring substituents is 1. The topological polar surface area (TPSA) is 107 Å². The molecular formula is C27H19N3O5. The third-order valence-electron chi connectivity index (χ3n) is 5.43. The second-order valence-corrected chi connectivity index (χ2v) is 7.80. The van der Waals surface area contributed by atoms with Gasteiger partial charge in [-0.05, 0) is 46.7 Å². The number of hydrogen-bond donors (Lipinski definition) is 1. The number of para-hydroxylation sites is 1. The summed E-state index contributed by atoms with van der Waals surface area (Å²) in [5.74, 6) is 0.0443. The quantitative estimate of drug-likeness (QED) is 0.185. The van der Waals surface area contributed by atoms with E-state index in [0.29, 0.717) is 28.9 Å². The van der Waals surface area contributed by atoms with Crippen molar-refractivity contribution < 1.29 is 18.9 Å². The summed E-state index contributed by atoms with van der Waals surface area (Å²) in [7, 11) is 0.